The lowest BCUT2D eigenvalue weighted by atomic mass is 9.91. The Bertz CT molecular complexity index is 988. The Morgan fingerprint density at radius 2 is 1.83 bits per heavy atom. The summed E-state index contributed by atoms with van der Waals surface area (Å²) in [5.41, 5.74) is 0.346. The summed E-state index contributed by atoms with van der Waals surface area (Å²) < 4.78 is 22.6. The summed E-state index contributed by atoms with van der Waals surface area (Å²) in [6.07, 6.45) is 0.679. The predicted octanol–water partition coefficient (Wildman–Crippen LogP) is 4.94. The third-order valence-electron chi connectivity index (χ3n) is 5.01. The van der Waals surface area contributed by atoms with Crippen LogP contribution in [0.15, 0.2) is 45.2 Å². The van der Waals surface area contributed by atoms with Gasteiger partial charge in [-0.1, -0.05) is 19.1 Å². The van der Waals surface area contributed by atoms with Crippen LogP contribution in [0.4, 0.5) is 0 Å². The van der Waals surface area contributed by atoms with E-state index >= 15 is 0 Å². The van der Waals surface area contributed by atoms with E-state index in [9.17, 15) is 9.90 Å². The first-order valence-electron chi connectivity index (χ1n) is 9.99. The summed E-state index contributed by atoms with van der Waals surface area (Å²) in [6.45, 7) is 7.91. The molecule has 7 nitrogen and oxygen atoms in total. The van der Waals surface area contributed by atoms with Crippen LogP contribution in [0.1, 0.15) is 43.0 Å². The van der Waals surface area contributed by atoms with Crippen LogP contribution in [0.2, 0.25) is 0 Å². The molecule has 0 amide bonds. The second kappa shape index (κ2) is 9.17. The van der Waals surface area contributed by atoms with E-state index in [-0.39, 0.29) is 6.61 Å². The molecule has 0 aliphatic heterocycles. The van der Waals surface area contributed by atoms with Crippen molar-refractivity contribution in [1.29, 1.82) is 0 Å². The van der Waals surface area contributed by atoms with Gasteiger partial charge in [-0.2, -0.15) is 0 Å². The van der Waals surface area contributed by atoms with Crippen molar-refractivity contribution in [2.24, 2.45) is 0 Å². The van der Waals surface area contributed by atoms with Crippen LogP contribution in [-0.4, -0.2) is 28.3 Å². The van der Waals surface area contributed by atoms with Crippen molar-refractivity contribution in [3.8, 4) is 17.4 Å². The normalized spacial score (nSPS) is 13.2. The maximum atomic E-state index is 11.7. The number of oxazole rings is 1. The fourth-order valence-electron chi connectivity index (χ4n) is 3.24. The summed E-state index contributed by atoms with van der Waals surface area (Å²) >= 11 is 0. The van der Waals surface area contributed by atoms with E-state index in [1.165, 1.54) is 0 Å². The second-order valence-corrected chi connectivity index (χ2v) is 7.13. The van der Waals surface area contributed by atoms with E-state index in [4.69, 9.17) is 18.3 Å². The average molecular weight is 413 g/mol. The first-order valence-corrected chi connectivity index (χ1v) is 9.99. The lowest BCUT2D eigenvalue weighted by Crippen LogP contribution is -2.43. The molecule has 0 radical (unpaired) electrons. The molecule has 3 aromatic rings. The molecule has 30 heavy (non-hydrogen) atoms. The van der Waals surface area contributed by atoms with Crippen molar-refractivity contribution in [1.82, 2.24) is 4.98 Å². The summed E-state index contributed by atoms with van der Waals surface area (Å²) in [7, 11) is 0. The highest BCUT2D eigenvalue weighted by Gasteiger charge is 2.37. The summed E-state index contributed by atoms with van der Waals surface area (Å²) in [4.78, 5) is 16.2. The fourth-order valence-corrected chi connectivity index (χ4v) is 3.24. The lowest BCUT2D eigenvalue weighted by molar-refractivity contribution is -0.166. The topological polar surface area (TPSA) is 94.9 Å². The molecule has 2 aromatic heterocycles. The number of rotatable bonds is 10. The number of aliphatic carboxylic acids is 1. The molecule has 1 aromatic carbocycles. The first kappa shape index (κ1) is 21.6. The Kier molecular flexibility index (Phi) is 6.62. The maximum absolute atomic E-state index is 11.7. The summed E-state index contributed by atoms with van der Waals surface area (Å²) in [5, 5.41) is 9.62. The number of carboxylic acids is 1. The van der Waals surface area contributed by atoms with Gasteiger partial charge >= 0.3 is 5.97 Å². The van der Waals surface area contributed by atoms with Crippen LogP contribution in [0.25, 0.3) is 11.7 Å². The van der Waals surface area contributed by atoms with E-state index < -0.39 is 11.6 Å². The molecule has 160 valence electrons. The predicted molar refractivity (Wildman–Crippen MR) is 110 cm³/mol. The minimum absolute atomic E-state index is 0.251. The number of aryl methyl sites for hydroxylation is 2. The molecule has 0 saturated heterocycles. The molecule has 1 N–H and O–H groups in total. The molecule has 3 rings (SSSR count). The van der Waals surface area contributed by atoms with Gasteiger partial charge < -0.3 is 23.4 Å². The molecule has 7 heteroatoms. The van der Waals surface area contributed by atoms with Crippen LogP contribution in [-0.2, 0) is 22.6 Å². The number of ether oxygens (including phenoxy) is 2. The molecule has 1 atom stereocenters. The van der Waals surface area contributed by atoms with Gasteiger partial charge in [-0.15, -0.1) is 0 Å². The minimum atomic E-state index is -1.21. The number of hydrogen-bond acceptors (Lipinski definition) is 6. The largest absolute Gasteiger partial charge is 0.487 e. The van der Waals surface area contributed by atoms with Crippen molar-refractivity contribution in [3.63, 3.8) is 0 Å². The Balaban J connectivity index is 1.65. The van der Waals surface area contributed by atoms with Crippen molar-refractivity contribution in [2.45, 2.75) is 52.7 Å². The average Bonchev–Trinajstić information content (AvgIpc) is 3.32. The number of hydrogen-bond donors (Lipinski definition) is 1. The number of carbonyl (C=O) groups is 1. The Labute approximate surface area is 175 Å². The fraction of sp³-hybridized carbons (Fsp3) is 0.391. The zero-order valence-electron chi connectivity index (χ0n) is 17.7. The molecular weight excluding hydrogens is 386 g/mol. The van der Waals surface area contributed by atoms with Crippen molar-refractivity contribution >= 4 is 5.97 Å². The molecular formula is C23H27NO6. The maximum Gasteiger partial charge on any atom is 0.336 e. The van der Waals surface area contributed by atoms with Crippen LogP contribution in [0.3, 0.4) is 0 Å². The van der Waals surface area contributed by atoms with Gasteiger partial charge in [0.15, 0.2) is 11.4 Å². The number of carboxylic acid groups (broad SMARTS) is 1. The SMILES string of the molecule is CCO[C@@](CC)(Cc1ccc(OCc2nc(-c3ccc(C)o3)oc2C)cc1)C(=O)O. The monoisotopic (exact) mass is 413 g/mol. The zero-order valence-corrected chi connectivity index (χ0v) is 17.7. The van der Waals surface area contributed by atoms with E-state index in [1.807, 2.05) is 57.2 Å². The highest BCUT2D eigenvalue weighted by Crippen LogP contribution is 2.26. The van der Waals surface area contributed by atoms with Gasteiger partial charge in [0.05, 0.1) is 0 Å². The molecule has 0 bridgehead atoms. The third-order valence-corrected chi connectivity index (χ3v) is 5.01. The van der Waals surface area contributed by atoms with E-state index in [2.05, 4.69) is 4.98 Å². The quantitative estimate of drug-likeness (QED) is 0.503. The Morgan fingerprint density at radius 3 is 2.40 bits per heavy atom. The number of furan rings is 1. The molecule has 0 aliphatic carbocycles. The van der Waals surface area contributed by atoms with Gasteiger partial charge in [-0.05, 0) is 57.0 Å². The molecule has 2 heterocycles. The van der Waals surface area contributed by atoms with Crippen molar-refractivity contribution < 1.29 is 28.2 Å². The second-order valence-electron chi connectivity index (χ2n) is 7.13. The number of benzene rings is 1. The first-order chi connectivity index (χ1) is 14.4. The Morgan fingerprint density at radius 1 is 1.10 bits per heavy atom. The molecule has 0 saturated carbocycles. The summed E-state index contributed by atoms with van der Waals surface area (Å²) in [5.74, 6) is 2.18. The van der Waals surface area contributed by atoms with Crippen LogP contribution in [0, 0.1) is 13.8 Å². The molecule has 0 unspecified atom stereocenters. The number of aromatic nitrogens is 1. The zero-order chi connectivity index (χ0) is 21.7. The van der Waals surface area contributed by atoms with Gasteiger partial charge in [0.1, 0.15) is 29.6 Å². The molecule has 0 aliphatic rings. The van der Waals surface area contributed by atoms with E-state index in [1.54, 1.807) is 6.92 Å². The highest BCUT2D eigenvalue weighted by molar-refractivity contribution is 5.78. The van der Waals surface area contributed by atoms with Gasteiger partial charge in [0.2, 0.25) is 0 Å². The van der Waals surface area contributed by atoms with E-state index in [0.717, 1.165) is 11.3 Å². The summed E-state index contributed by atoms with van der Waals surface area (Å²) in [6, 6.07) is 11.0. The van der Waals surface area contributed by atoms with Crippen molar-refractivity contribution in [2.75, 3.05) is 6.61 Å². The van der Waals surface area contributed by atoms with Gasteiger partial charge in [0.25, 0.3) is 5.89 Å². The molecule has 0 spiro atoms. The Hall–Kier alpha value is -3.06. The highest BCUT2D eigenvalue weighted by atomic mass is 16.5. The third kappa shape index (κ3) is 4.74. The van der Waals surface area contributed by atoms with Crippen molar-refractivity contribution in [3.05, 3.63) is 59.2 Å². The van der Waals surface area contributed by atoms with E-state index in [0.29, 0.717) is 48.3 Å². The van der Waals surface area contributed by atoms with Crippen LogP contribution >= 0.6 is 0 Å². The minimum Gasteiger partial charge on any atom is -0.487 e. The van der Waals surface area contributed by atoms with Gasteiger partial charge in [-0.3, -0.25) is 0 Å². The number of nitrogens with zero attached hydrogens (tertiary/aromatic N) is 1. The van der Waals surface area contributed by atoms with Crippen LogP contribution < -0.4 is 4.74 Å². The standard InChI is InChI=1S/C23H27NO6/c1-5-23(22(25)26,28-6-2)13-17-8-10-18(11-9-17)27-14-19-16(4)30-21(24-19)20-12-7-15(3)29-20/h7-12H,5-6,13-14H2,1-4H3,(H,25,26)/t23-/m0/s1. The molecule has 0 fully saturated rings. The lowest BCUT2D eigenvalue weighted by Gasteiger charge is -2.28. The van der Waals surface area contributed by atoms with Crippen LogP contribution in [0.5, 0.6) is 5.75 Å². The van der Waals surface area contributed by atoms with Gasteiger partial charge in [-0.25, -0.2) is 9.78 Å². The van der Waals surface area contributed by atoms with Gasteiger partial charge in [0, 0.05) is 13.0 Å². The smallest absolute Gasteiger partial charge is 0.336 e.